The van der Waals surface area contributed by atoms with E-state index in [0.717, 1.165) is 11.8 Å². The maximum absolute atomic E-state index is 3.25. The third-order valence-electron chi connectivity index (χ3n) is 13.0. The van der Waals surface area contributed by atoms with E-state index >= 15 is 0 Å². The van der Waals surface area contributed by atoms with Crippen molar-refractivity contribution in [3.05, 3.63) is 346 Å². The zero-order chi connectivity index (χ0) is 59.3. The minimum absolute atomic E-state index is 0. The number of allylic oxidation sites excluding steroid dienone is 8. The van der Waals surface area contributed by atoms with Crippen LogP contribution in [0.4, 0.5) is 0 Å². The van der Waals surface area contributed by atoms with Crippen LogP contribution in [0.2, 0.25) is 0 Å². The molecule has 2 atom stereocenters. The van der Waals surface area contributed by atoms with Gasteiger partial charge in [0.2, 0.25) is 0 Å². The molecule has 0 radical (unpaired) electrons. The van der Waals surface area contributed by atoms with Gasteiger partial charge in [-0.3, -0.25) is 0 Å². The van der Waals surface area contributed by atoms with E-state index in [1.165, 1.54) is 98.7 Å². The van der Waals surface area contributed by atoms with E-state index in [1.54, 1.807) is 61.5 Å². The fourth-order valence-corrected chi connectivity index (χ4v) is 9.71. The molecule has 0 bridgehead atoms. The SMILES string of the molecule is C1=CCC2CC[CH-]C2=C1.C1=CCC2CC[CH-]C2=C1.Cc1cc2ccccc2[cH-]1.Cc1cc2ccccc2[cH-]1.[CH2-]C.[CH2-]C.[CH2-]C.[Hf+4].[Hf+4].[SiH2]=[C-]c1ccccc1.[SiH2]=[C-]c1ccccc1.[SiH2]=[C-]c1ccccc1.[Ti+4].c1cc[cH-]c1.c1ccc2[cH-]ccc2c1. The van der Waals surface area contributed by atoms with Crippen molar-refractivity contribution < 1.29 is 73.4 Å². The predicted molar refractivity (Wildman–Crippen MR) is 378 cm³/mol. The molecule has 4 aliphatic rings. The molecule has 10 aromatic rings. The van der Waals surface area contributed by atoms with Gasteiger partial charge in [-0.15, -0.1) is 184 Å². The summed E-state index contributed by atoms with van der Waals surface area (Å²) < 4.78 is 0. The quantitative estimate of drug-likeness (QED) is 0.122. The molecule has 2 saturated carbocycles. The fraction of sp³-hybridized carbons (Fsp3) is 0.165. The van der Waals surface area contributed by atoms with Crippen LogP contribution >= 0.6 is 0 Å². The van der Waals surface area contributed by atoms with Crippen molar-refractivity contribution in [1.29, 1.82) is 0 Å². The molecule has 4 aliphatic carbocycles. The Balaban J connectivity index is 0.000000923. The number of fused-ring (bicyclic) bond motifs is 5. The standard InChI is InChI=1S/2C10H9.2C9H11.C9H7.3C7H7Si.C5H5.3C2H5.2Hf.Ti/c2*1-8-6-9-4-2-3-5-10(9)7-8;3*1-2-5-9-7-3-6-8(9)4-1;3*8-6-7-4-2-1-3-5-7;1-2-4-5-3-1;3*1-2;;;/h2*2-7H,1H3;2*1-2,4,6,9H,3,5,7H2;1-7H;3*1-5H,8H2;1-5H;3*1H2,2H3;;;/q12*-1;3*+4. The second-order valence-corrected chi connectivity index (χ2v) is 19.7. The summed E-state index contributed by atoms with van der Waals surface area (Å²) in [5.74, 6) is 1.77. The first-order valence-electron chi connectivity index (χ1n) is 28.7. The smallest absolute Gasteiger partial charge is 0.346 e. The minimum Gasteiger partial charge on any atom is -0.346 e. The molecule has 0 N–H and O–H groups in total. The van der Waals surface area contributed by atoms with Gasteiger partial charge in [0.25, 0.3) is 0 Å². The van der Waals surface area contributed by atoms with Crippen molar-refractivity contribution in [2.75, 3.05) is 0 Å². The maximum Gasteiger partial charge on any atom is 4.00 e. The largest absolute Gasteiger partial charge is 4.00 e. The van der Waals surface area contributed by atoms with E-state index in [2.05, 4.69) is 216 Å². The van der Waals surface area contributed by atoms with Crippen molar-refractivity contribution in [2.45, 2.75) is 73.1 Å². The number of hydrogen-bond donors (Lipinski definition) is 0. The number of aryl methyl sites for hydroxylation is 2. The van der Waals surface area contributed by atoms with Crippen LogP contribution in [0.5, 0.6) is 0 Å². The van der Waals surface area contributed by atoms with Gasteiger partial charge in [-0.1, -0.05) is 92.7 Å². The van der Waals surface area contributed by atoms with Gasteiger partial charge in [0.1, 0.15) is 0 Å². The topological polar surface area (TPSA) is 0 Å². The summed E-state index contributed by atoms with van der Waals surface area (Å²) in [6, 6.07) is 80.6. The average Bonchev–Trinajstić information content (AvgIpc) is 4.62. The van der Waals surface area contributed by atoms with E-state index in [9.17, 15) is 0 Å². The van der Waals surface area contributed by atoms with Gasteiger partial charge in [-0.25, -0.2) is 48.3 Å². The van der Waals surface area contributed by atoms with Gasteiger partial charge in [-0.05, 0) is 24.7 Å². The third-order valence-corrected chi connectivity index (χ3v) is 14.2. The number of rotatable bonds is 3. The fourth-order valence-electron chi connectivity index (χ4n) is 9.00. The molecule has 0 saturated heterocycles. The van der Waals surface area contributed by atoms with Crippen LogP contribution in [0.1, 0.15) is 87.1 Å². The predicted octanol–water partition coefficient (Wildman–Crippen LogP) is 18.2. The first kappa shape index (κ1) is 79.9. The van der Waals surface area contributed by atoms with Crippen LogP contribution < -0.4 is 0 Å². The Bertz CT molecular complexity index is 2970. The summed E-state index contributed by atoms with van der Waals surface area (Å²) in [5.41, 5.74) is 18.5. The van der Waals surface area contributed by atoms with E-state index in [1.807, 2.05) is 121 Å². The molecule has 2 fully saturated rings. The van der Waals surface area contributed by atoms with Crippen LogP contribution in [0.25, 0.3) is 32.3 Å². The third kappa shape index (κ3) is 33.0. The summed E-state index contributed by atoms with van der Waals surface area (Å²) in [5, 5.41) is 8.05. The Morgan fingerprint density at radius 1 is 0.412 bits per heavy atom. The van der Waals surface area contributed by atoms with Gasteiger partial charge in [0, 0.05) is 0 Å². The summed E-state index contributed by atoms with van der Waals surface area (Å²) in [4.78, 5) is 0. The van der Waals surface area contributed by atoms with E-state index in [4.69, 9.17) is 0 Å². The summed E-state index contributed by atoms with van der Waals surface area (Å²) in [7, 11) is 5.20. The molecular formula is C79H88Hf2Si3Ti. The Morgan fingerprint density at radius 3 is 1.06 bits per heavy atom. The van der Waals surface area contributed by atoms with Crippen molar-refractivity contribution in [3.63, 3.8) is 0 Å². The summed E-state index contributed by atoms with van der Waals surface area (Å²) >= 11 is 0. The second kappa shape index (κ2) is 52.1. The molecule has 85 heavy (non-hydrogen) atoms. The van der Waals surface area contributed by atoms with Crippen molar-refractivity contribution in [1.82, 2.24) is 0 Å². The Labute approximate surface area is 577 Å². The first-order chi connectivity index (χ1) is 40.4. The van der Waals surface area contributed by atoms with E-state index < -0.39 is 0 Å². The maximum atomic E-state index is 3.25. The van der Waals surface area contributed by atoms with Crippen LogP contribution in [0, 0.1) is 59.3 Å². The molecule has 0 spiro atoms. The number of hydrogen-bond acceptors (Lipinski definition) is 0. The zero-order valence-electron chi connectivity index (χ0n) is 51.3. The summed E-state index contributed by atoms with van der Waals surface area (Å²) in [6.45, 7) is 19.2. The first-order valence-corrected chi connectivity index (χ1v) is 30.8. The van der Waals surface area contributed by atoms with Crippen LogP contribution in [0.15, 0.2) is 284 Å². The molecule has 14 rings (SSSR count). The molecule has 10 aromatic carbocycles. The molecule has 2 unspecified atom stereocenters. The molecule has 6 heteroatoms. The van der Waals surface area contributed by atoms with E-state index in [0.29, 0.717) is 0 Å². The van der Waals surface area contributed by atoms with Gasteiger partial charge < -0.3 is 20.8 Å². The van der Waals surface area contributed by atoms with Gasteiger partial charge >= 0.3 is 73.4 Å². The molecule has 0 heterocycles. The molecule has 0 nitrogen and oxygen atoms in total. The van der Waals surface area contributed by atoms with Crippen LogP contribution in [-0.2, 0) is 73.4 Å². The Morgan fingerprint density at radius 2 is 0.753 bits per heavy atom. The van der Waals surface area contributed by atoms with Crippen molar-refractivity contribution >= 4 is 78.9 Å². The van der Waals surface area contributed by atoms with Crippen molar-refractivity contribution in [3.8, 4) is 0 Å². The monoisotopic (exact) mass is 1530 g/mol. The minimum atomic E-state index is 0. The van der Waals surface area contributed by atoms with E-state index in [-0.39, 0.29) is 73.4 Å². The molecule has 0 amide bonds. The van der Waals surface area contributed by atoms with Gasteiger partial charge in [0.15, 0.2) is 0 Å². The Kier molecular flexibility index (Phi) is 49.0. The van der Waals surface area contributed by atoms with Crippen LogP contribution in [0.3, 0.4) is 0 Å². The summed E-state index contributed by atoms with van der Waals surface area (Å²) in [6.07, 6.45) is 26.1. The normalized spacial score (nSPS) is 13.2. The molecule has 428 valence electrons. The molecule has 0 aromatic heterocycles. The second-order valence-electron chi connectivity index (χ2n) is 18.7. The zero-order valence-corrected chi connectivity index (χ0v) is 64.3. The van der Waals surface area contributed by atoms with Gasteiger partial charge in [0.05, 0.1) is 0 Å². The Hall–Kier alpha value is -5.08. The van der Waals surface area contributed by atoms with Gasteiger partial charge in [-0.2, -0.15) is 139 Å². The average molecular weight is 1530 g/mol. The number of benzene rings is 6. The van der Waals surface area contributed by atoms with Crippen LogP contribution in [-0.4, -0.2) is 46.6 Å². The molecular weight excluding hydrogens is 1440 g/mol. The van der Waals surface area contributed by atoms with Crippen molar-refractivity contribution in [2.24, 2.45) is 11.8 Å². The molecule has 0 aliphatic heterocycles.